The molecule has 1 aliphatic rings. The first-order chi connectivity index (χ1) is 14.1. The SMILES string of the molecule is Cc1cc(NC(=O)c2ccc(-c3ccccc3)cc2)ccc1N1CCCCC1=O. The maximum Gasteiger partial charge on any atom is 0.255 e. The zero-order valence-electron chi connectivity index (χ0n) is 16.5. The summed E-state index contributed by atoms with van der Waals surface area (Å²) in [6.45, 7) is 2.74. The molecule has 146 valence electrons. The van der Waals surface area contributed by atoms with E-state index in [4.69, 9.17) is 0 Å². The summed E-state index contributed by atoms with van der Waals surface area (Å²) in [4.78, 5) is 26.7. The Morgan fingerprint density at radius 3 is 2.31 bits per heavy atom. The first-order valence-electron chi connectivity index (χ1n) is 10.00. The minimum absolute atomic E-state index is 0.147. The number of hydrogen-bond donors (Lipinski definition) is 1. The van der Waals surface area contributed by atoms with Gasteiger partial charge in [0.25, 0.3) is 5.91 Å². The Hall–Kier alpha value is -3.40. The topological polar surface area (TPSA) is 49.4 Å². The van der Waals surface area contributed by atoms with Crippen molar-refractivity contribution in [2.24, 2.45) is 0 Å². The normalized spacial score (nSPS) is 14.0. The molecule has 4 rings (SSSR count). The minimum Gasteiger partial charge on any atom is -0.322 e. The molecule has 4 nitrogen and oxygen atoms in total. The van der Waals surface area contributed by atoms with Gasteiger partial charge in [-0.25, -0.2) is 0 Å². The predicted molar refractivity (Wildman–Crippen MR) is 117 cm³/mol. The number of hydrogen-bond acceptors (Lipinski definition) is 2. The number of piperidine rings is 1. The van der Waals surface area contributed by atoms with Gasteiger partial charge >= 0.3 is 0 Å². The van der Waals surface area contributed by atoms with E-state index in [0.29, 0.717) is 12.0 Å². The fourth-order valence-electron chi connectivity index (χ4n) is 3.74. The van der Waals surface area contributed by atoms with Gasteiger partial charge in [0, 0.05) is 29.9 Å². The molecule has 0 atom stereocenters. The summed E-state index contributed by atoms with van der Waals surface area (Å²) < 4.78 is 0. The third-order valence-electron chi connectivity index (χ3n) is 5.32. The van der Waals surface area contributed by atoms with Crippen molar-refractivity contribution in [2.45, 2.75) is 26.2 Å². The summed E-state index contributed by atoms with van der Waals surface area (Å²) >= 11 is 0. The number of nitrogens with one attached hydrogen (secondary N) is 1. The lowest BCUT2D eigenvalue weighted by Gasteiger charge is -2.28. The summed E-state index contributed by atoms with van der Waals surface area (Å²) in [7, 11) is 0. The fourth-order valence-corrected chi connectivity index (χ4v) is 3.74. The third-order valence-corrected chi connectivity index (χ3v) is 5.32. The lowest BCUT2D eigenvalue weighted by atomic mass is 10.0. The number of anilines is 2. The van der Waals surface area contributed by atoms with Crippen molar-refractivity contribution in [2.75, 3.05) is 16.8 Å². The van der Waals surface area contributed by atoms with Crippen molar-refractivity contribution in [1.29, 1.82) is 0 Å². The van der Waals surface area contributed by atoms with E-state index in [9.17, 15) is 9.59 Å². The molecule has 0 bridgehead atoms. The third kappa shape index (κ3) is 4.21. The van der Waals surface area contributed by atoms with Crippen molar-refractivity contribution < 1.29 is 9.59 Å². The smallest absolute Gasteiger partial charge is 0.255 e. The van der Waals surface area contributed by atoms with Crippen LogP contribution in [0.1, 0.15) is 35.2 Å². The maximum atomic E-state index is 12.6. The summed E-state index contributed by atoms with van der Waals surface area (Å²) in [5.74, 6) is 0.0282. The highest BCUT2D eigenvalue weighted by atomic mass is 16.2. The molecule has 0 spiro atoms. The fraction of sp³-hybridized carbons (Fsp3) is 0.200. The van der Waals surface area contributed by atoms with Gasteiger partial charge in [-0.1, -0.05) is 42.5 Å². The number of carbonyl (C=O) groups excluding carboxylic acids is 2. The molecule has 1 fully saturated rings. The average molecular weight is 384 g/mol. The standard InChI is InChI=1S/C25H24N2O2/c1-18-17-22(14-15-23(18)27-16-6-5-9-24(27)28)26-25(29)21-12-10-20(11-13-21)19-7-3-2-4-8-19/h2-4,7-8,10-15,17H,5-6,9,16H2,1H3,(H,26,29). The Labute approximate surface area is 171 Å². The lowest BCUT2D eigenvalue weighted by molar-refractivity contribution is -0.119. The van der Waals surface area contributed by atoms with Crippen molar-refractivity contribution in [3.8, 4) is 11.1 Å². The molecule has 1 aliphatic heterocycles. The molecule has 0 aliphatic carbocycles. The summed E-state index contributed by atoms with van der Waals surface area (Å²) in [5.41, 5.74) is 5.45. The van der Waals surface area contributed by atoms with Gasteiger partial charge < -0.3 is 10.2 Å². The molecule has 1 N–H and O–H groups in total. The molecular weight excluding hydrogens is 360 g/mol. The molecule has 29 heavy (non-hydrogen) atoms. The number of benzene rings is 3. The molecule has 1 heterocycles. The Morgan fingerprint density at radius 1 is 0.897 bits per heavy atom. The largest absolute Gasteiger partial charge is 0.322 e. The van der Waals surface area contributed by atoms with Crippen LogP contribution in [0.4, 0.5) is 11.4 Å². The second kappa shape index (κ2) is 8.31. The summed E-state index contributed by atoms with van der Waals surface area (Å²) in [5, 5.41) is 2.96. The highest BCUT2D eigenvalue weighted by Crippen LogP contribution is 2.27. The van der Waals surface area contributed by atoms with Crippen molar-refractivity contribution in [1.82, 2.24) is 0 Å². The Bertz CT molecular complexity index is 1030. The number of aryl methyl sites for hydroxylation is 1. The van der Waals surface area contributed by atoms with E-state index in [-0.39, 0.29) is 11.8 Å². The molecule has 3 aromatic rings. The van der Waals surface area contributed by atoms with E-state index in [0.717, 1.165) is 47.5 Å². The van der Waals surface area contributed by atoms with E-state index < -0.39 is 0 Å². The second-order valence-corrected chi connectivity index (χ2v) is 7.40. The number of nitrogens with zero attached hydrogens (tertiary/aromatic N) is 1. The van der Waals surface area contributed by atoms with Gasteiger partial charge in [-0.3, -0.25) is 9.59 Å². The van der Waals surface area contributed by atoms with Crippen molar-refractivity contribution in [3.05, 3.63) is 83.9 Å². The van der Waals surface area contributed by atoms with Crippen LogP contribution in [0.2, 0.25) is 0 Å². The van der Waals surface area contributed by atoms with Crippen molar-refractivity contribution in [3.63, 3.8) is 0 Å². The van der Waals surface area contributed by atoms with Gasteiger partial charge in [0.2, 0.25) is 5.91 Å². The molecule has 0 unspecified atom stereocenters. The summed E-state index contributed by atoms with van der Waals surface area (Å²) in [6, 6.07) is 23.4. The van der Waals surface area contributed by atoms with Crippen molar-refractivity contribution >= 4 is 23.2 Å². The number of amides is 2. The predicted octanol–water partition coefficient (Wildman–Crippen LogP) is 5.43. The molecule has 0 aromatic heterocycles. The van der Waals surface area contributed by atoms with Crippen LogP contribution in [0.15, 0.2) is 72.8 Å². The molecular formula is C25H24N2O2. The van der Waals surface area contributed by atoms with E-state index in [1.54, 1.807) is 0 Å². The Morgan fingerprint density at radius 2 is 1.62 bits per heavy atom. The van der Waals surface area contributed by atoms with Crippen LogP contribution in [0, 0.1) is 6.92 Å². The van der Waals surface area contributed by atoms with Gasteiger partial charge in [-0.05, 0) is 66.8 Å². The van der Waals surface area contributed by atoms with Crippen LogP contribution < -0.4 is 10.2 Å². The van der Waals surface area contributed by atoms with Gasteiger partial charge in [0.15, 0.2) is 0 Å². The molecule has 0 saturated carbocycles. The Kier molecular flexibility index (Phi) is 5.43. The molecule has 2 amide bonds. The van der Waals surface area contributed by atoms with E-state index >= 15 is 0 Å². The van der Waals surface area contributed by atoms with Crippen LogP contribution >= 0.6 is 0 Å². The molecule has 4 heteroatoms. The van der Waals surface area contributed by atoms with Crippen LogP contribution in [-0.2, 0) is 4.79 Å². The first-order valence-corrected chi connectivity index (χ1v) is 10.00. The highest BCUT2D eigenvalue weighted by molar-refractivity contribution is 6.05. The molecule has 1 saturated heterocycles. The molecule has 3 aromatic carbocycles. The first kappa shape index (κ1) is 18.9. The van der Waals surface area contributed by atoms with Gasteiger partial charge in [0.1, 0.15) is 0 Å². The molecule has 0 radical (unpaired) electrons. The van der Waals surface area contributed by atoms with E-state index in [2.05, 4.69) is 5.32 Å². The zero-order chi connectivity index (χ0) is 20.2. The van der Waals surface area contributed by atoms with E-state index in [1.165, 1.54) is 0 Å². The van der Waals surface area contributed by atoms with Gasteiger partial charge in [0.05, 0.1) is 0 Å². The van der Waals surface area contributed by atoms with E-state index in [1.807, 2.05) is 84.6 Å². The van der Waals surface area contributed by atoms with Crippen LogP contribution in [0.3, 0.4) is 0 Å². The van der Waals surface area contributed by atoms with Crippen LogP contribution in [-0.4, -0.2) is 18.4 Å². The maximum absolute atomic E-state index is 12.6. The zero-order valence-corrected chi connectivity index (χ0v) is 16.5. The monoisotopic (exact) mass is 384 g/mol. The van der Waals surface area contributed by atoms with Crippen LogP contribution in [0.25, 0.3) is 11.1 Å². The van der Waals surface area contributed by atoms with Gasteiger partial charge in [-0.15, -0.1) is 0 Å². The number of carbonyl (C=O) groups is 2. The van der Waals surface area contributed by atoms with Crippen LogP contribution in [0.5, 0.6) is 0 Å². The Balaban J connectivity index is 1.47. The average Bonchev–Trinajstić information content (AvgIpc) is 2.75. The summed E-state index contributed by atoms with van der Waals surface area (Å²) in [6.07, 6.45) is 2.60. The van der Waals surface area contributed by atoms with Gasteiger partial charge in [-0.2, -0.15) is 0 Å². The second-order valence-electron chi connectivity index (χ2n) is 7.40. The number of rotatable bonds is 4. The quantitative estimate of drug-likeness (QED) is 0.652. The lowest BCUT2D eigenvalue weighted by Crippen LogP contribution is -2.35. The minimum atomic E-state index is -0.147. The highest BCUT2D eigenvalue weighted by Gasteiger charge is 2.21.